The molecule has 1 amide bonds. The summed E-state index contributed by atoms with van der Waals surface area (Å²) in [7, 11) is 1.57. The highest BCUT2D eigenvalue weighted by molar-refractivity contribution is 5.82. The lowest BCUT2D eigenvalue weighted by Crippen LogP contribution is -2.39. The molecule has 0 heterocycles. The maximum atomic E-state index is 12.2. The van der Waals surface area contributed by atoms with Gasteiger partial charge in [-0.2, -0.15) is 0 Å². The van der Waals surface area contributed by atoms with Crippen LogP contribution in [0.4, 0.5) is 0 Å². The van der Waals surface area contributed by atoms with Crippen molar-refractivity contribution >= 4 is 11.9 Å². The van der Waals surface area contributed by atoms with Crippen LogP contribution in [0.3, 0.4) is 0 Å². The third-order valence-electron chi connectivity index (χ3n) is 3.72. The van der Waals surface area contributed by atoms with Crippen molar-refractivity contribution < 1.29 is 24.2 Å². The number of hydrogen-bond acceptors (Lipinski definition) is 4. The summed E-state index contributed by atoms with van der Waals surface area (Å²) in [6.07, 6.45) is -0.751. The number of aliphatic carboxylic acids is 1. The molecule has 6 nitrogen and oxygen atoms in total. The van der Waals surface area contributed by atoms with E-state index in [1.54, 1.807) is 62.6 Å². The van der Waals surface area contributed by atoms with E-state index < -0.39 is 18.0 Å². The second kappa shape index (κ2) is 8.73. The molecule has 0 saturated carbocycles. The second-order valence-corrected chi connectivity index (χ2v) is 5.48. The molecule has 0 aliphatic rings. The molecular formula is C19H21NO5. The summed E-state index contributed by atoms with van der Waals surface area (Å²) in [6, 6.07) is 15.7. The molecule has 2 aromatic rings. The molecule has 132 valence electrons. The maximum absolute atomic E-state index is 12.2. The predicted octanol–water partition coefficient (Wildman–Crippen LogP) is 2.45. The summed E-state index contributed by atoms with van der Waals surface area (Å²) in [6.45, 7) is 1.60. The number of methoxy groups -OCH3 is 1. The van der Waals surface area contributed by atoms with Crippen LogP contribution >= 0.6 is 0 Å². The number of carbonyl (C=O) groups is 2. The van der Waals surface area contributed by atoms with Crippen LogP contribution in [-0.4, -0.2) is 36.7 Å². The Hall–Kier alpha value is -3.02. The van der Waals surface area contributed by atoms with Crippen molar-refractivity contribution in [2.75, 3.05) is 13.7 Å². The average molecular weight is 343 g/mol. The highest BCUT2D eigenvalue weighted by atomic mass is 16.5. The molecule has 0 bridgehead atoms. The van der Waals surface area contributed by atoms with Crippen LogP contribution in [0, 0.1) is 0 Å². The predicted molar refractivity (Wildman–Crippen MR) is 92.9 cm³/mol. The van der Waals surface area contributed by atoms with Crippen LogP contribution in [0.25, 0.3) is 0 Å². The van der Waals surface area contributed by atoms with E-state index in [-0.39, 0.29) is 12.5 Å². The third kappa shape index (κ3) is 5.24. The van der Waals surface area contributed by atoms with E-state index in [9.17, 15) is 14.7 Å². The van der Waals surface area contributed by atoms with E-state index in [2.05, 4.69) is 5.32 Å². The zero-order valence-electron chi connectivity index (χ0n) is 14.1. The van der Waals surface area contributed by atoms with Gasteiger partial charge in [-0.3, -0.25) is 9.59 Å². The van der Waals surface area contributed by atoms with Gasteiger partial charge < -0.3 is 19.9 Å². The number of ether oxygens (including phenoxy) is 2. The van der Waals surface area contributed by atoms with E-state index in [4.69, 9.17) is 9.47 Å². The normalized spacial score (nSPS) is 12.7. The number of carboxylic acids is 1. The molecule has 6 heteroatoms. The maximum Gasteiger partial charge on any atom is 0.312 e. The SMILES string of the molecule is COc1ccc(O[C@H](C)C(=O)NC[C@H](C(=O)O)c2ccccc2)cc1. The largest absolute Gasteiger partial charge is 0.497 e. The van der Waals surface area contributed by atoms with Gasteiger partial charge in [-0.1, -0.05) is 30.3 Å². The summed E-state index contributed by atoms with van der Waals surface area (Å²) in [5.74, 6) is -0.954. The first-order chi connectivity index (χ1) is 12.0. The van der Waals surface area contributed by atoms with E-state index >= 15 is 0 Å². The first-order valence-electron chi connectivity index (χ1n) is 7.87. The molecule has 0 unspecified atom stereocenters. The number of amides is 1. The summed E-state index contributed by atoms with van der Waals surface area (Å²) in [5.41, 5.74) is 0.638. The molecule has 2 atom stereocenters. The topological polar surface area (TPSA) is 84.9 Å². The van der Waals surface area contributed by atoms with Crippen LogP contribution in [0.5, 0.6) is 11.5 Å². The molecule has 0 fully saturated rings. The smallest absolute Gasteiger partial charge is 0.312 e. The number of carboxylic acid groups (broad SMARTS) is 1. The number of rotatable bonds is 8. The first-order valence-corrected chi connectivity index (χ1v) is 7.87. The van der Waals surface area contributed by atoms with Crippen molar-refractivity contribution in [3.05, 3.63) is 60.2 Å². The summed E-state index contributed by atoms with van der Waals surface area (Å²) < 4.78 is 10.6. The summed E-state index contributed by atoms with van der Waals surface area (Å²) >= 11 is 0. The molecule has 0 aliphatic carbocycles. The lowest BCUT2D eigenvalue weighted by Gasteiger charge is -2.17. The first kappa shape index (κ1) is 18.3. The van der Waals surface area contributed by atoms with Crippen LogP contribution in [-0.2, 0) is 9.59 Å². The lowest BCUT2D eigenvalue weighted by atomic mass is 9.99. The minimum Gasteiger partial charge on any atom is -0.497 e. The van der Waals surface area contributed by atoms with Gasteiger partial charge in [0.15, 0.2) is 6.10 Å². The van der Waals surface area contributed by atoms with Crippen molar-refractivity contribution in [1.82, 2.24) is 5.32 Å². The molecule has 0 radical (unpaired) electrons. The zero-order chi connectivity index (χ0) is 18.2. The Morgan fingerprint density at radius 1 is 1.04 bits per heavy atom. The van der Waals surface area contributed by atoms with Crippen molar-refractivity contribution in [2.45, 2.75) is 18.9 Å². The number of hydrogen-bond donors (Lipinski definition) is 2. The quantitative estimate of drug-likeness (QED) is 0.769. The highest BCUT2D eigenvalue weighted by Gasteiger charge is 2.22. The van der Waals surface area contributed by atoms with Gasteiger partial charge in [0.05, 0.1) is 13.0 Å². The minimum atomic E-state index is -0.991. The average Bonchev–Trinajstić information content (AvgIpc) is 2.63. The molecular weight excluding hydrogens is 322 g/mol. The van der Waals surface area contributed by atoms with Crippen molar-refractivity contribution in [1.29, 1.82) is 0 Å². The molecule has 0 aliphatic heterocycles. The van der Waals surface area contributed by atoms with E-state index in [1.165, 1.54) is 0 Å². The fourth-order valence-corrected chi connectivity index (χ4v) is 2.29. The number of carbonyl (C=O) groups excluding carboxylic acids is 1. The van der Waals surface area contributed by atoms with Gasteiger partial charge in [-0.15, -0.1) is 0 Å². The molecule has 0 saturated heterocycles. The molecule has 2 rings (SSSR count). The monoisotopic (exact) mass is 343 g/mol. The van der Waals surface area contributed by atoms with Gasteiger partial charge in [0.2, 0.25) is 0 Å². The molecule has 0 spiro atoms. The Balaban J connectivity index is 1.92. The Labute approximate surface area is 146 Å². The van der Waals surface area contributed by atoms with Crippen LogP contribution < -0.4 is 14.8 Å². The van der Waals surface area contributed by atoms with E-state index in [0.29, 0.717) is 17.1 Å². The Morgan fingerprint density at radius 2 is 1.64 bits per heavy atom. The van der Waals surface area contributed by atoms with Crippen molar-refractivity contribution in [2.24, 2.45) is 0 Å². The van der Waals surface area contributed by atoms with Crippen LogP contribution in [0.1, 0.15) is 18.4 Å². The third-order valence-corrected chi connectivity index (χ3v) is 3.72. The fourth-order valence-electron chi connectivity index (χ4n) is 2.29. The zero-order valence-corrected chi connectivity index (χ0v) is 14.1. The van der Waals surface area contributed by atoms with E-state index in [0.717, 1.165) is 0 Å². The Bertz CT molecular complexity index is 700. The summed E-state index contributed by atoms with van der Waals surface area (Å²) in [5, 5.41) is 12.0. The van der Waals surface area contributed by atoms with Gasteiger partial charge in [0, 0.05) is 6.54 Å². The van der Waals surface area contributed by atoms with Gasteiger partial charge in [-0.25, -0.2) is 0 Å². The number of nitrogens with one attached hydrogen (secondary N) is 1. The molecule has 2 N–H and O–H groups in total. The summed E-state index contributed by atoms with van der Waals surface area (Å²) in [4.78, 5) is 23.6. The van der Waals surface area contributed by atoms with Gasteiger partial charge in [0.1, 0.15) is 11.5 Å². The fraction of sp³-hybridized carbons (Fsp3) is 0.263. The highest BCUT2D eigenvalue weighted by Crippen LogP contribution is 2.18. The Morgan fingerprint density at radius 3 is 2.20 bits per heavy atom. The lowest BCUT2D eigenvalue weighted by molar-refractivity contribution is -0.138. The Kier molecular flexibility index (Phi) is 6.39. The van der Waals surface area contributed by atoms with Gasteiger partial charge in [0.25, 0.3) is 5.91 Å². The van der Waals surface area contributed by atoms with Gasteiger partial charge in [-0.05, 0) is 36.8 Å². The number of benzene rings is 2. The minimum absolute atomic E-state index is 0.00546. The van der Waals surface area contributed by atoms with Crippen molar-refractivity contribution in [3.63, 3.8) is 0 Å². The molecule has 25 heavy (non-hydrogen) atoms. The van der Waals surface area contributed by atoms with Crippen LogP contribution in [0.15, 0.2) is 54.6 Å². The molecule has 2 aromatic carbocycles. The van der Waals surface area contributed by atoms with Crippen LogP contribution in [0.2, 0.25) is 0 Å². The molecule has 0 aromatic heterocycles. The standard InChI is InChI=1S/C19H21NO5/c1-13(25-16-10-8-15(24-2)9-11-16)18(21)20-12-17(19(22)23)14-6-4-3-5-7-14/h3-11,13,17H,12H2,1-2H3,(H,20,21)(H,22,23)/t13-,17+/m1/s1. The van der Waals surface area contributed by atoms with E-state index in [1.807, 2.05) is 6.07 Å². The van der Waals surface area contributed by atoms with Crippen molar-refractivity contribution in [3.8, 4) is 11.5 Å². The van der Waals surface area contributed by atoms with Gasteiger partial charge >= 0.3 is 5.97 Å². The second-order valence-electron chi connectivity index (χ2n) is 5.48.